The third-order valence-corrected chi connectivity index (χ3v) is 8.02. The van der Waals surface area contributed by atoms with Gasteiger partial charge in [-0.1, -0.05) is 60.1 Å². The Balaban J connectivity index is 1.79. The molecule has 1 unspecified atom stereocenters. The predicted molar refractivity (Wildman–Crippen MR) is 141 cm³/mol. The minimum atomic E-state index is -3.97. The minimum Gasteiger partial charge on any atom is -0.480 e. The van der Waals surface area contributed by atoms with Gasteiger partial charge >= 0.3 is 5.97 Å². The van der Waals surface area contributed by atoms with Crippen LogP contribution in [0.15, 0.2) is 102 Å². The summed E-state index contributed by atoms with van der Waals surface area (Å²) in [6.07, 6.45) is 1.43. The Morgan fingerprint density at radius 3 is 2.22 bits per heavy atom. The highest BCUT2D eigenvalue weighted by atomic mass is 35.5. The number of nitrogens with zero attached hydrogens (tertiary/aromatic N) is 2. The van der Waals surface area contributed by atoms with Crippen LogP contribution in [-0.4, -0.2) is 40.3 Å². The van der Waals surface area contributed by atoms with Crippen LogP contribution >= 0.6 is 11.6 Å². The van der Waals surface area contributed by atoms with Crippen molar-refractivity contribution in [1.82, 2.24) is 8.87 Å². The monoisotopic (exact) mass is 536 g/mol. The summed E-state index contributed by atoms with van der Waals surface area (Å²) in [6, 6.07) is 23.5. The van der Waals surface area contributed by atoms with Crippen molar-refractivity contribution in [3.63, 3.8) is 0 Å². The fraction of sp³-hybridized carbons (Fsp3) is 0.143. The van der Waals surface area contributed by atoms with Crippen LogP contribution < -0.4 is 0 Å². The van der Waals surface area contributed by atoms with E-state index in [2.05, 4.69) is 0 Å². The van der Waals surface area contributed by atoms with E-state index in [4.69, 9.17) is 11.6 Å². The zero-order valence-corrected chi connectivity index (χ0v) is 21.6. The number of aromatic nitrogens is 1. The lowest BCUT2D eigenvalue weighted by Gasteiger charge is -2.30. The Morgan fingerprint density at radius 1 is 0.946 bits per heavy atom. The third kappa shape index (κ3) is 5.76. The van der Waals surface area contributed by atoms with Crippen molar-refractivity contribution < 1.29 is 23.1 Å². The molecule has 9 heteroatoms. The molecule has 0 saturated carbocycles. The molecule has 190 valence electrons. The van der Waals surface area contributed by atoms with Gasteiger partial charge in [-0.15, -0.1) is 0 Å². The Bertz CT molecular complexity index is 1520. The average Bonchev–Trinajstić information content (AvgIpc) is 3.36. The van der Waals surface area contributed by atoms with Crippen molar-refractivity contribution in [2.75, 3.05) is 0 Å². The molecule has 0 saturated heterocycles. The van der Waals surface area contributed by atoms with Gasteiger partial charge in [0, 0.05) is 23.2 Å². The van der Waals surface area contributed by atoms with Gasteiger partial charge < -0.3 is 10.0 Å². The number of carbonyl (C=O) groups is 2. The second kappa shape index (κ2) is 11.0. The first-order chi connectivity index (χ1) is 17.7. The molecule has 7 nitrogen and oxygen atoms in total. The molecule has 0 bridgehead atoms. The van der Waals surface area contributed by atoms with Crippen LogP contribution in [0, 0.1) is 6.92 Å². The molecular weight excluding hydrogens is 512 g/mol. The Labute approximate surface area is 220 Å². The van der Waals surface area contributed by atoms with Crippen LogP contribution in [0.4, 0.5) is 0 Å². The highest BCUT2D eigenvalue weighted by Gasteiger charge is 2.33. The summed E-state index contributed by atoms with van der Waals surface area (Å²) in [7, 11) is -3.97. The largest absolute Gasteiger partial charge is 0.480 e. The molecule has 3 aromatic carbocycles. The Kier molecular flexibility index (Phi) is 7.80. The van der Waals surface area contributed by atoms with Gasteiger partial charge in [-0.25, -0.2) is 17.2 Å². The van der Waals surface area contributed by atoms with E-state index in [1.165, 1.54) is 23.2 Å². The molecule has 37 heavy (non-hydrogen) atoms. The van der Waals surface area contributed by atoms with E-state index in [9.17, 15) is 23.1 Å². The number of rotatable bonds is 9. The SMILES string of the molecule is Cc1cc(Cl)ccc1C(=O)N(Cc1cccn1S(=O)(=O)c1ccccc1)C(Cc1ccccc1)C(=O)O. The number of carboxylic acids is 1. The first-order valence-corrected chi connectivity index (χ1v) is 13.3. The molecular formula is C28H25ClN2O5S. The number of amides is 1. The molecule has 4 aromatic rings. The molecule has 1 N–H and O–H groups in total. The van der Waals surface area contributed by atoms with Crippen LogP contribution in [0.5, 0.6) is 0 Å². The van der Waals surface area contributed by atoms with Crippen molar-refractivity contribution >= 4 is 33.5 Å². The quantitative estimate of drug-likeness (QED) is 0.324. The zero-order chi connectivity index (χ0) is 26.6. The second-order valence-electron chi connectivity index (χ2n) is 8.55. The van der Waals surface area contributed by atoms with Gasteiger partial charge in [-0.05, 0) is 60.5 Å². The minimum absolute atomic E-state index is 0.0424. The highest BCUT2D eigenvalue weighted by Crippen LogP contribution is 2.24. The van der Waals surface area contributed by atoms with Crippen molar-refractivity contribution in [3.8, 4) is 0 Å². The number of carboxylic acid groups (broad SMARTS) is 1. The van der Waals surface area contributed by atoms with Crippen LogP contribution in [0.2, 0.25) is 5.02 Å². The number of carbonyl (C=O) groups excluding carboxylic acids is 1. The molecule has 0 fully saturated rings. The summed E-state index contributed by atoms with van der Waals surface area (Å²) < 4.78 is 27.8. The molecule has 1 amide bonds. The van der Waals surface area contributed by atoms with E-state index in [0.717, 1.165) is 9.54 Å². The van der Waals surface area contributed by atoms with E-state index in [1.54, 1.807) is 79.7 Å². The number of hydrogen-bond acceptors (Lipinski definition) is 4. The first kappa shape index (κ1) is 26.2. The molecule has 1 heterocycles. The predicted octanol–water partition coefficient (Wildman–Crippen LogP) is 5.03. The van der Waals surface area contributed by atoms with Crippen LogP contribution in [0.1, 0.15) is 27.2 Å². The van der Waals surface area contributed by atoms with Gasteiger partial charge in [0.15, 0.2) is 0 Å². The van der Waals surface area contributed by atoms with E-state index < -0.39 is 27.9 Å². The fourth-order valence-corrected chi connectivity index (χ4v) is 5.77. The third-order valence-electron chi connectivity index (χ3n) is 6.04. The summed E-state index contributed by atoms with van der Waals surface area (Å²) in [4.78, 5) is 27.6. The maximum atomic E-state index is 13.8. The van der Waals surface area contributed by atoms with Crippen molar-refractivity contribution in [2.45, 2.75) is 30.8 Å². The average molecular weight is 537 g/mol. The standard InChI is InChI=1S/C28H25ClN2O5S/c1-20-17-22(29)14-15-25(20)27(32)30(26(28(33)34)18-21-9-4-2-5-10-21)19-23-11-8-16-31(23)37(35,36)24-12-6-3-7-13-24/h2-17,26H,18-19H2,1H3,(H,33,34). The fourth-order valence-electron chi connectivity index (χ4n) is 4.15. The van der Waals surface area contributed by atoms with Crippen molar-refractivity contribution in [2.24, 2.45) is 0 Å². The highest BCUT2D eigenvalue weighted by molar-refractivity contribution is 7.90. The normalized spacial score (nSPS) is 12.2. The van der Waals surface area contributed by atoms with Gasteiger partial charge in [0.25, 0.3) is 15.9 Å². The number of benzene rings is 3. The lowest BCUT2D eigenvalue weighted by atomic mass is 10.0. The molecule has 1 aromatic heterocycles. The zero-order valence-electron chi connectivity index (χ0n) is 20.0. The number of hydrogen-bond donors (Lipinski definition) is 1. The van der Waals surface area contributed by atoms with Crippen LogP contribution in [0.3, 0.4) is 0 Å². The molecule has 4 rings (SSSR count). The lowest BCUT2D eigenvalue weighted by Crippen LogP contribution is -2.46. The molecule has 0 aliphatic rings. The smallest absolute Gasteiger partial charge is 0.326 e. The summed E-state index contributed by atoms with van der Waals surface area (Å²) in [6.45, 7) is 1.47. The van der Waals surface area contributed by atoms with Gasteiger partial charge in [-0.2, -0.15) is 0 Å². The summed E-state index contributed by atoms with van der Waals surface area (Å²) in [5, 5.41) is 10.7. The maximum absolute atomic E-state index is 13.8. The van der Waals surface area contributed by atoms with Gasteiger partial charge in [0.1, 0.15) is 6.04 Å². The molecule has 0 aliphatic carbocycles. The molecule has 0 spiro atoms. The van der Waals surface area contributed by atoms with E-state index in [-0.39, 0.29) is 29.1 Å². The van der Waals surface area contributed by atoms with Gasteiger partial charge in [0.05, 0.1) is 17.1 Å². The van der Waals surface area contributed by atoms with E-state index in [0.29, 0.717) is 10.6 Å². The number of aliphatic carboxylic acids is 1. The van der Waals surface area contributed by atoms with Gasteiger partial charge in [0.2, 0.25) is 0 Å². The van der Waals surface area contributed by atoms with Crippen molar-refractivity contribution in [3.05, 3.63) is 125 Å². The molecule has 1 atom stereocenters. The topological polar surface area (TPSA) is 96.7 Å². The van der Waals surface area contributed by atoms with Crippen LogP contribution in [0.25, 0.3) is 0 Å². The Morgan fingerprint density at radius 2 is 1.59 bits per heavy atom. The Hall–Kier alpha value is -3.88. The molecule has 0 radical (unpaired) electrons. The number of aryl methyl sites for hydroxylation is 1. The van der Waals surface area contributed by atoms with E-state index in [1.807, 2.05) is 6.07 Å². The number of halogens is 1. The maximum Gasteiger partial charge on any atom is 0.326 e. The first-order valence-electron chi connectivity index (χ1n) is 11.5. The van der Waals surface area contributed by atoms with Crippen LogP contribution in [-0.2, 0) is 27.8 Å². The summed E-state index contributed by atoms with van der Waals surface area (Å²) >= 11 is 6.08. The second-order valence-corrected chi connectivity index (χ2v) is 10.8. The summed E-state index contributed by atoms with van der Waals surface area (Å²) in [5.74, 6) is -1.74. The molecule has 0 aliphatic heterocycles. The summed E-state index contributed by atoms with van der Waals surface area (Å²) in [5.41, 5.74) is 1.85. The van der Waals surface area contributed by atoms with E-state index >= 15 is 0 Å². The van der Waals surface area contributed by atoms with Crippen molar-refractivity contribution in [1.29, 1.82) is 0 Å². The lowest BCUT2D eigenvalue weighted by molar-refractivity contribution is -0.142. The van der Waals surface area contributed by atoms with Gasteiger partial charge in [-0.3, -0.25) is 4.79 Å².